The van der Waals surface area contributed by atoms with Gasteiger partial charge in [-0.2, -0.15) is 0 Å². The predicted molar refractivity (Wildman–Crippen MR) is 53.4 cm³/mol. The zero-order valence-electron chi connectivity index (χ0n) is 8.21. The monoisotopic (exact) mass is 210 g/mol. The third kappa shape index (κ3) is 2.63. The fraction of sp³-hybridized carbons (Fsp3) is 0.333. The number of aliphatic hydroxyl groups is 1. The summed E-state index contributed by atoms with van der Waals surface area (Å²) < 4.78 is 25.7. The van der Waals surface area contributed by atoms with E-state index in [2.05, 4.69) is 0 Å². The van der Waals surface area contributed by atoms with E-state index < -0.39 is 17.7 Å². The molecular formula is C12H12F2O. The SMILES string of the molecule is OC1C=C(Cc2cc(F)cc(F)c2)CC1. The van der Waals surface area contributed by atoms with Gasteiger partial charge in [-0.3, -0.25) is 0 Å². The van der Waals surface area contributed by atoms with Gasteiger partial charge in [0.1, 0.15) is 11.6 Å². The van der Waals surface area contributed by atoms with Crippen LogP contribution in [0, 0.1) is 11.6 Å². The Balaban J connectivity index is 2.14. The fourth-order valence-electron chi connectivity index (χ4n) is 1.89. The molecular weight excluding hydrogens is 198 g/mol. The van der Waals surface area contributed by atoms with Crippen molar-refractivity contribution in [2.75, 3.05) is 0 Å². The number of hydrogen-bond donors (Lipinski definition) is 1. The Morgan fingerprint density at radius 3 is 2.40 bits per heavy atom. The molecule has 1 unspecified atom stereocenters. The van der Waals surface area contributed by atoms with Crippen molar-refractivity contribution in [1.29, 1.82) is 0 Å². The van der Waals surface area contributed by atoms with E-state index in [-0.39, 0.29) is 0 Å². The predicted octanol–water partition coefficient (Wildman–Crippen LogP) is 2.59. The normalized spacial score (nSPS) is 20.5. The van der Waals surface area contributed by atoms with E-state index >= 15 is 0 Å². The number of hydrogen-bond acceptors (Lipinski definition) is 1. The minimum Gasteiger partial charge on any atom is -0.389 e. The summed E-state index contributed by atoms with van der Waals surface area (Å²) in [6, 6.07) is 3.52. The minimum absolute atomic E-state index is 0.390. The standard InChI is InChI=1S/C12H12F2O/c13-10-4-9(5-11(14)7-10)3-8-1-2-12(15)6-8/h4-7,12,15H,1-3H2. The van der Waals surface area contributed by atoms with Crippen LogP contribution in [0.25, 0.3) is 0 Å². The summed E-state index contributed by atoms with van der Waals surface area (Å²) in [7, 11) is 0. The van der Waals surface area contributed by atoms with Crippen LogP contribution in [-0.4, -0.2) is 11.2 Å². The molecule has 0 spiro atoms. The molecule has 0 heterocycles. The van der Waals surface area contributed by atoms with Crippen molar-refractivity contribution < 1.29 is 13.9 Å². The van der Waals surface area contributed by atoms with E-state index in [0.717, 1.165) is 18.1 Å². The highest BCUT2D eigenvalue weighted by atomic mass is 19.1. The zero-order chi connectivity index (χ0) is 10.8. The number of allylic oxidation sites excluding steroid dienone is 1. The van der Waals surface area contributed by atoms with E-state index in [1.54, 1.807) is 6.08 Å². The molecule has 1 aromatic rings. The molecule has 1 aromatic carbocycles. The Kier molecular flexibility index (Phi) is 2.82. The minimum atomic E-state index is -0.552. The van der Waals surface area contributed by atoms with Crippen LogP contribution >= 0.6 is 0 Å². The largest absolute Gasteiger partial charge is 0.389 e. The molecule has 0 saturated carbocycles. The van der Waals surface area contributed by atoms with E-state index in [1.807, 2.05) is 0 Å². The second kappa shape index (κ2) is 4.11. The summed E-state index contributed by atoms with van der Waals surface area (Å²) in [5.41, 5.74) is 1.67. The van der Waals surface area contributed by atoms with Gasteiger partial charge in [0.05, 0.1) is 6.10 Å². The average molecular weight is 210 g/mol. The average Bonchev–Trinajstić information content (AvgIpc) is 2.49. The van der Waals surface area contributed by atoms with E-state index in [9.17, 15) is 13.9 Å². The molecule has 0 radical (unpaired) electrons. The summed E-state index contributed by atoms with van der Waals surface area (Å²) in [5.74, 6) is -1.10. The van der Waals surface area contributed by atoms with Crippen molar-refractivity contribution in [2.45, 2.75) is 25.4 Å². The Morgan fingerprint density at radius 2 is 1.87 bits per heavy atom. The summed E-state index contributed by atoms with van der Waals surface area (Å²) >= 11 is 0. The lowest BCUT2D eigenvalue weighted by atomic mass is 10.0. The number of aliphatic hydroxyl groups excluding tert-OH is 1. The molecule has 80 valence electrons. The van der Waals surface area contributed by atoms with Crippen molar-refractivity contribution in [1.82, 2.24) is 0 Å². The highest BCUT2D eigenvalue weighted by Crippen LogP contribution is 2.22. The van der Waals surface area contributed by atoms with Crippen LogP contribution in [0.15, 0.2) is 29.8 Å². The molecule has 15 heavy (non-hydrogen) atoms. The van der Waals surface area contributed by atoms with Crippen molar-refractivity contribution in [3.05, 3.63) is 47.0 Å². The first-order valence-corrected chi connectivity index (χ1v) is 4.96. The van der Waals surface area contributed by atoms with Crippen molar-refractivity contribution in [3.63, 3.8) is 0 Å². The number of rotatable bonds is 2. The second-order valence-electron chi connectivity index (χ2n) is 3.89. The van der Waals surface area contributed by atoms with Gasteiger partial charge in [0.2, 0.25) is 0 Å². The fourth-order valence-corrected chi connectivity index (χ4v) is 1.89. The molecule has 1 nitrogen and oxygen atoms in total. The third-order valence-electron chi connectivity index (χ3n) is 2.54. The van der Waals surface area contributed by atoms with Gasteiger partial charge in [-0.25, -0.2) is 8.78 Å². The number of benzene rings is 1. The van der Waals surface area contributed by atoms with Crippen LogP contribution < -0.4 is 0 Å². The molecule has 0 aliphatic heterocycles. The van der Waals surface area contributed by atoms with Crippen molar-refractivity contribution >= 4 is 0 Å². The van der Waals surface area contributed by atoms with Crippen molar-refractivity contribution in [2.24, 2.45) is 0 Å². The van der Waals surface area contributed by atoms with Gasteiger partial charge in [0, 0.05) is 6.07 Å². The van der Waals surface area contributed by atoms with Gasteiger partial charge in [0.25, 0.3) is 0 Å². The zero-order valence-corrected chi connectivity index (χ0v) is 8.21. The van der Waals surface area contributed by atoms with Gasteiger partial charge >= 0.3 is 0 Å². The second-order valence-corrected chi connectivity index (χ2v) is 3.89. The molecule has 0 bridgehead atoms. The lowest BCUT2D eigenvalue weighted by Crippen LogP contribution is -1.93. The van der Waals surface area contributed by atoms with Crippen molar-refractivity contribution in [3.8, 4) is 0 Å². The first kappa shape index (κ1) is 10.3. The molecule has 1 aliphatic carbocycles. The lowest BCUT2D eigenvalue weighted by molar-refractivity contribution is 0.223. The Morgan fingerprint density at radius 1 is 1.20 bits per heavy atom. The number of halogens is 2. The first-order chi connectivity index (χ1) is 7.13. The summed E-state index contributed by atoms with van der Waals surface area (Å²) in [5, 5.41) is 9.26. The van der Waals surface area contributed by atoms with Gasteiger partial charge in [-0.15, -0.1) is 0 Å². The van der Waals surface area contributed by atoms with Gasteiger partial charge in [0.15, 0.2) is 0 Å². The molecule has 0 saturated heterocycles. The van der Waals surface area contributed by atoms with Crippen LogP contribution in [0.3, 0.4) is 0 Å². The molecule has 3 heteroatoms. The molecule has 0 aromatic heterocycles. The van der Waals surface area contributed by atoms with Gasteiger partial charge in [-0.05, 0) is 37.0 Å². The molecule has 1 aliphatic rings. The molecule has 0 fully saturated rings. The maximum atomic E-state index is 12.9. The lowest BCUT2D eigenvalue weighted by Gasteiger charge is -2.02. The molecule has 1 N–H and O–H groups in total. The summed E-state index contributed by atoms with van der Waals surface area (Å²) in [6.07, 6.45) is 3.42. The molecule has 1 atom stereocenters. The summed E-state index contributed by atoms with van der Waals surface area (Å²) in [6.45, 7) is 0. The van der Waals surface area contributed by atoms with Gasteiger partial charge < -0.3 is 5.11 Å². The third-order valence-corrected chi connectivity index (χ3v) is 2.54. The van der Waals surface area contributed by atoms with Crippen LogP contribution in [0.4, 0.5) is 8.78 Å². The van der Waals surface area contributed by atoms with Gasteiger partial charge in [-0.1, -0.05) is 11.6 Å². The molecule has 0 amide bonds. The Bertz CT molecular complexity index is 378. The Labute approximate surface area is 87.1 Å². The maximum Gasteiger partial charge on any atom is 0.126 e. The quantitative estimate of drug-likeness (QED) is 0.744. The smallest absolute Gasteiger partial charge is 0.126 e. The van der Waals surface area contributed by atoms with Crippen LogP contribution in [0.2, 0.25) is 0 Å². The van der Waals surface area contributed by atoms with Crippen LogP contribution in [0.5, 0.6) is 0 Å². The molecule has 2 rings (SSSR count). The maximum absolute atomic E-state index is 12.9. The topological polar surface area (TPSA) is 20.2 Å². The Hall–Kier alpha value is -1.22. The van der Waals surface area contributed by atoms with E-state index in [0.29, 0.717) is 18.4 Å². The van der Waals surface area contributed by atoms with E-state index in [4.69, 9.17) is 0 Å². The van der Waals surface area contributed by atoms with Crippen LogP contribution in [-0.2, 0) is 6.42 Å². The highest BCUT2D eigenvalue weighted by molar-refractivity contribution is 5.25. The first-order valence-electron chi connectivity index (χ1n) is 4.96. The van der Waals surface area contributed by atoms with Crippen LogP contribution in [0.1, 0.15) is 18.4 Å². The summed E-state index contributed by atoms with van der Waals surface area (Å²) in [4.78, 5) is 0. The van der Waals surface area contributed by atoms with E-state index in [1.165, 1.54) is 12.1 Å². The highest BCUT2D eigenvalue weighted by Gasteiger charge is 2.13.